The number of ether oxygens (including phenoxy) is 1. The molecule has 2 aliphatic rings. The smallest absolute Gasteiger partial charge is 0.303 e. The Hall–Kier alpha value is -0.570. The Balaban J connectivity index is 1.97. The molecule has 0 radical (unpaired) electrons. The fourth-order valence-corrected chi connectivity index (χ4v) is 2.77. The largest absolute Gasteiger partial charge is 0.481 e. The van der Waals surface area contributed by atoms with Crippen LogP contribution in [0, 0.1) is 11.8 Å². The fraction of sp³-hybridized carbons (Fsp3) is 0.900. The summed E-state index contributed by atoms with van der Waals surface area (Å²) in [4.78, 5) is 10.6. The molecule has 1 saturated carbocycles. The molecule has 13 heavy (non-hydrogen) atoms. The van der Waals surface area contributed by atoms with Gasteiger partial charge >= 0.3 is 5.97 Å². The summed E-state index contributed by atoms with van der Waals surface area (Å²) in [6.45, 7) is 0.839. The molecular weight excluding hydrogens is 168 g/mol. The lowest BCUT2D eigenvalue weighted by molar-refractivity contribution is -0.139. The van der Waals surface area contributed by atoms with Gasteiger partial charge in [-0.25, -0.2) is 0 Å². The number of carboxylic acids is 1. The number of carboxylic acid groups (broad SMARTS) is 1. The van der Waals surface area contributed by atoms with Gasteiger partial charge in [-0.1, -0.05) is 6.42 Å². The highest BCUT2D eigenvalue weighted by molar-refractivity contribution is 5.67. The molecule has 3 atom stereocenters. The van der Waals surface area contributed by atoms with Crippen LogP contribution in [0.25, 0.3) is 0 Å². The van der Waals surface area contributed by atoms with E-state index in [2.05, 4.69) is 0 Å². The van der Waals surface area contributed by atoms with Crippen molar-refractivity contribution < 1.29 is 14.6 Å². The zero-order valence-corrected chi connectivity index (χ0v) is 7.74. The van der Waals surface area contributed by atoms with E-state index in [9.17, 15) is 4.79 Å². The molecule has 0 aromatic carbocycles. The SMILES string of the molecule is O=C(O)CC1CCCC2OCCC12. The molecule has 74 valence electrons. The van der Waals surface area contributed by atoms with Crippen LogP contribution in [0.3, 0.4) is 0 Å². The van der Waals surface area contributed by atoms with Crippen molar-refractivity contribution >= 4 is 5.97 Å². The second-order valence-electron chi connectivity index (χ2n) is 4.15. The Morgan fingerprint density at radius 3 is 3.00 bits per heavy atom. The van der Waals surface area contributed by atoms with E-state index in [1.165, 1.54) is 0 Å². The molecule has 0 spiro atoms. The Kier molecular flexibility index (Phi) is 2.54. The molecule has 1 aliphatic heterocycles. The number of fused-ring (bicyclic) bond motifs is 1. The van der Waals surface area contributed by atoms with Gasteiger partial charge in [0.25, 0.3) is 0 Å². The van der Waals surface area contributed by atoms with E-state index in [1.807, 2.05) is 0 Å². The van der Waals surface area contributed by atoms with Crippen molar-refractivity contribution in [2.24, 2.45) is 11.8 Å². The number of hydrogen-bond acceptors (Lipinski definition) is 2. The third-order valence-electron chi connectivity index (χ3n) is 3.37. The van der Waals surface area contributed by atoms with Crippen LogP contribution in [0.1, 0.15) is 32.1 Å². The quantitative estimate of drug-likeness (QED) is 0.710. The van der Waals surface area contributed by atoms with Gasteiger partial charge in [0, 0.05) is 13.0 Å². The van der Waals surface area contributed by atoms with Crippen LogP contribution >= 0.6 is 0 Å². The topological polar surface area (TPSA) is 46.5 Å². The number of carbonyl (C=O) groups is 1. The third-order valence-corrected chi connectivity index (χ3v) is 3.37. The minimum absolute atomic E-state index is 0.338. The highest BCUT2D eigenvalue weighted by atomic mass is 16.5. The van der Waals surface area contributed by atoms with Crippen LogP contribution in [0.5, 0.6) is 0 Å². The number of rotatable bonds is 2. The predicted octanol–water partition coefficient (Wildman–Crippen LogP) is 1.67. The Morgan fingerprint density at radius 1 is 1.38 bits per heavy atom. The van der Waals surface area contributed by atoms with Gasteiger partial charge in [-0.3, -0.25) is 4.79 Å². The molecular formula is C10H16O3. The summed E-state index contributed by atoms with van der Waals surface area (Å²) in [6, 6.07) is 0. The first kappa shape index (κ1) is 9.00. The van der Waals surface area contributed by atoms with Crippen LogP contribution in [-0.4, -0.2) is 23.8 Å². The van der Waals surface area contributed by atoms with Crippen molar-refractivity contribution in [2.75, 3.05) is 6.61 Å². The summed E-state index contributed by atoms with van der Waals surface area (Å²) in [5.74, 6) is 0.251. The van der Waals surface area contributed by atoms with Gasteiger partial charge in [0.15, 0.2) is 0 Å². The lowest BCUT2D eigenvalue weighted by Gasteiger charge is -2.31. The van der Waals surface area contributed by atoms with Gasteiger partial charge in [-0.2, -0.15) is 0 Å². The summed E-state index contributed by atoms with van der Waals surface area (Å²) in [5, 5.41) is 8.74. The molecule has 3 nitrogen and oxygen atoms in total. The third kappa shape index (κ3) is 1.85. The van der Waals surface area contributed by atoms with E-state index >= 15 is 0 Å². The van der Waals surface area contributed by atoms with Crippen molar-refractivity contribution in [1.29, 1.82) is 0 Å². The van der Waals surface area contributed by atoms with E-state index in [-0.39, 0.29) is 0 Å². The van der Waals surface area contributed by atoms with E-state index in [0.29, 0.717) is 24.4 Å². The molecule has 1 saturated heterocycles. The van der Waals surface area contributed by atoms with E-state index in [1.54, 1.807) is 0 Å². The predicted molar refractivity (Wildman–Crippen MR) is 47.4 cm³/mol. The van der Waals surface area contributed by atoms with Crippen LogP contribution in [0.2, 0.25) is 0 Å². The van der Waals surface area contributed by atoms with Gasteiger partial charge < -0.3 is 9.84 Å². The zero-order chi connectivity index (χ0) is 9.26. The van der Waals surface area contributed by atoms with Gasteiger partial charge in [0.1, 0.15) is 0 Å². The molecule has 1 aliphatic carbocycles. The summed E-state index contributed by atoms with van der Waals surface area (Å²) in [6.07, 6.45) is 5.14. The lowest BCUT2D eigenvalue weighted by Crippen LogP contribution is -2.30. The van der Waals surface area contributed by atoms with Gasteiger partial charge in [-0.05, 0) is 31.1 Å². The molecule has 0 aromatic heterocycles. The highest BCUT2D eigenvalue weighted by Crippen LogP contribution is 2.39. The fourth-order valence-electron chi connectivity index (χ4n) is 2.77. The van der Waals surface area contributed by atoms with Gasteiger partial charge in [0.05, 0.1) is 6.10 Å². The second-order valence-corrected chi connectivity index (χ2v) is 4.15. The van der Waals surface area contributed by atoms with E-state index < -0.39 is 5.97 Å². The van der Waals surface area contributed by atoms with E-state index in [4.69, 9.17) is 9.84 Å². The molecule has 1 N–H and O–H groups in total. The first-order valence-corrected chi connectivity index (χ1v) is 5.11. The monoisotopic (exact) mass is 184 g/mol. The maximum atomic E-state index is 10.6. The minimum Gasteiger partial charge on any atom is -0.481 e. The maximum Gasteiger partial charge on any atom is 0.303 e. The van der Waals surface area contributed by atoms with Crippen molar-refractivity contribution in [3.63, 3.8) is 0 Å². The molecule has 0 aromatic rings. The van der Waals surface area contributed by atoms with Crippen molar-refractivity contribution in [3.05, 3.63) is 0 Å². The number of aliphatic carboxylic acids is 1. The molecule has 2 rings (SSSR count). The lowest BCUT2D eigenvalue weighted by atomic mass is 9.75. The summed E-state index contributed by atoms with van der Waals surface area (Å²) >= 11 is 0. The first-order chi connectivity index (χ1) is 6.27. The van der Waals surface area contributed by atoms with Gasteiger partial charge in [-0.15, -0.1) is 0 Å². The standard InChI is InChI=1S/C10H16O3/c11-10(12)6-7-2-1-3-9-8(7)4-5-13-9/h7-9H,1-6H2,(H,11,12). The highest BCUT2D eigenvalue weighted by Gasteiger charge is 2.38. The molecule has 1 heterocycles. The summed E-state index contributed by atoms with van der Waals surface area (Å²) < 4.78 is 5.58. The maximum absolute atomic E-state index is 10.6. The van der Waals surface area contributed by atoms with Crippen LogP contribution in [-0.2, 0) is 9.53 Å². The average Bonchev–Trinajstić information content (AvgIpc) is 2.51. The second kappa shape index (κ2) is 3.66. The first-order valence-electron chi connectivity index (χ1n) is 5.11. The molecule has 0 amide bonds. The van der Waals surface area contributed by atoms with Crippen molar-refractivity contribution in [3.8, 4) is 0 Å². The summed E-state index contributed by atoms with van der Waals surface area (Å²) in [7, 11) is 0. The zero-order valence-electron chi connectivity index (χ0n) is 7.74. The van der Waals surface area contributed by atoms with Crippen molar-refractivity contribution in [2.45, 2.75) is 38.2 Å². The average molecular weight is 184 g/mol. The Labute approximate surface area is 78.1 Å². The van der Waals surface area contributed by atoms with Crippen LogP contribution < -0.4 is 0 Å². The molecule has 0 bridgehead atoms. The molecule has 2 fully saturated rings. The number of hydrogen-bond donors (Lipinski definition) is 1. The molecule has 3 unspecified atom stereocenters. The Morgan fingerprint density at radius 2 is 2.23 bits per heavy atom. The van der Waals surface area contributed by atoms with Crippen LogP contribution in [0.4, 0.5) is 0 Å². The minimum atomic E-state index is -0.655. The Bertz CT molecular complexity index is 202. The summed E-state index contributed by atoms with van der Waals surface area (Å²) in [5.41, 5.74) is 0. The van der Waals surface area contributed by atoms with E-state index in [0.717, 1.165) is 32.3 Å². The normalized spacial score (nSPS) is 38.6. The molecule has 3 heteroatoms. The van der Waals surface area contributed by atoms with Crippen molar-refractivity contribution in [1.82, 2.24) is 0 Å². The van der Waals surface area contributed by atoms with Gasteiger partial charge in [0.2, 0.25) is 0 Å². The van der Waals surface area contributed by atoms with Crippen LogP contribution in [0.15, 0.2) is 0 Å².